The van der Waals surface area contributed by atoms with Gasteiger partial charge in [-0.05, 0) is 31.9 Å². The smallest absolute Gasteiger partial charge is 0.314 e. The highest BCUT2D eigenvalue weighted by molar-refractivity contribution is 5.79. The van der Waals surface area contributed by atoms with Gasteiger partial charge in [0.25, 0.3) is 0 Å². The number of nitrogens with one attached hydrogen (secondary N) is 1. The first-order valence-electron chi connectivity index (χ1n) is 6.93. The van der Waals surface area contributed by atoms with E-state index >= 15 is 0 Å². The van der Waals surface area contributed by atoms with Gasteiger partial charge in [-0.25, -0.2) is 4.79 Å². The number of rotatable bonds is 4. The molecule has 0 unspecified atom stereocenters. The maximum atomic E-state index is 12.1. The van der Waals surface area contributed by atoms with Crippen LogP contribution in [-0.4, -0.2) is 36.0 Å². The number of primary amides is 1. The molecule has 110 valence electrons. The molecule has 6 nitrogen and oxygen atoms in total. The van der Waals surface area contributed by atoms with Gasteiger partial charge >= 0.3 is 6.03 Å². The number of hydrogen-bond acceptors (Lipinski definition) is 3. The van der Waals surface area contributed by atoms with E-state index in [4.69, 9.17) is 10.2 Å². The van der Waals surface area contributed by atoms with Gasteiger partial charge in [0.15, 0.2) is 0 Å². The van der Waals surface area contributed by atoms with Crippen LogP contribution in [0.1, 0.15) is 25.5 Å². The Morgan fingerprint density at radius 2 is 2.20 bits per heavy atom. The number of furan rings is 1. The molecule has 2 heterocycles. The molecule has 0 saturated carbocycles. The number of carbonyl (C=O) groups is 2. The third-order valence-corrected chi connectivity index (χ3v) is 3.65. The van der Waals surface area contributed by atoms with Gasteiger partial charge in [-0.15, -0.1) is 0 Å². The van der Waals surface area contributed by atoms with Crippen LogP contribution in [0.25, 0.3) is 0 Å². The monoisotopic (exact) mass is 279 g/mol. The SMILES string of the molecule is C[C@@H](Cc1ccco1)NC(=O)C1CCN(C(N)=O)CC1. The number of nitrogens with two attached hydrogens (primary N) is 1. The molecule has 20 heavy (non-hydrogen) atoms. The van der Waals surface area contributed by atoms with E-state index in [-0.39, 0.29) is 17.9 Å². The lowest BCUT2D eigenvalue weighted by molar-refractivity contribution is -0.126. The van der Waals surface area contributed by atoms with Crippen LogP contribution in [0.5, 0.6) is 0 Å². The van der Waals surface area contributed by atoms with Gasteiger partial charge in [0, 0.05) is 31.5 Å². The van der Waals surface area contributed by atoms with Crippen LogP contribution in [0.3, 0.4) is 0 Å². The molecule has 1 fully saturated rings. The quantitative estimate of drug-likeness (QED) is 0.865. The van der Waals surface area contributed by atoms with Crippen molar-refractivity contribution in [1.82, 2.24) is 10.2 Å². The Kier molecular flexibility index (Phi) is 4.65. The lowest BCUT2D eigenvalue weighted by Crippen LogP contribution is -2.46. The van der Waals surface area contributed by atoms with Gasteiger partial charge in [0.2, 0.25) is 5.91 Å². The summed E-state index contributed by atoms with van der Waals surface area (Å²) in [6, 6.07) is 3.36. The summed E-state index contributed by atoms with van der Waals surface area (Å²) in [5, 5.41) is 3.00. The lowest BCUT2D eigenvalue weighted by atomic mass is 9.95. The largest absolute Gasteiger partial charge is 0.469 e. The Morgan fingerprint density at radius 1 is 1.50 bits per heavy atom. The summed E-state index contributed by atoms with van der Waals surface area (Å²) < 4.78 is 5.26. The first kappa shape index (κ1) is 14.4. The number of amides is 3. The van der Waals surface area contributed by atoms with Gasteiger partial charge in [0.1, 0.15) is 5.76 Å². The highest BCUT2D eigenvalue weighted by Crippen LogP contribution is 2.17. The summed E-state index contributed by atoms with van der Waals surface area (Å²) in [7, 11) is 0. The molecule has 1 aliphatic heterocycles. The number of hydrogen-bond donors (Lipinski definition) is 2. The molecule has 0 aliphatic carbocycles. The predicted octanol–water partition coefficient (Wildman–Crippen LogP) is 1.12. The summed E-state index contributed by atoms with van der Waals surface area (Å²) in [5.74, 6) is 0.874. The van der Waals surface area contributed by atoms with E-state index in [1.54, 1.807) is 11.2 Å². The predicted molar refractivity (Wildman–Crippen MR) is 73.9 cm³/mol. The van der Waals surface area contributed by atoms with Crippen LogP contribution in [-0.2, 0) is 11.2 Å². The Morgan fingerprint density at radius 3 is 2.75 bits per heavy atom. The zero-order chi connectivity index (χ0) is 14.5. The second kappa shape index (κ2) is 6.45. The van der Waals surface area contributed by atoms with Crippen molar-refractivity contribution in [1.29, 1.82) is 0 Å². The van der Waals surface area contributed by atoms with E-state index in [1.807, 2.05) is 19.1 Å². The van der Waals surface area contributed by atoms with Gasteiger partial charge < -0.3 is 20.4 Å². The first-order chi connectivity index (χ1) is 9.56. The standard InChI is InChI=1S/C14H21N3O3/c1-10(9-12-3-2-8-20-12)16-13(18)11-4-6-17(7-5-11)14(15)19/h2-3,8,10-11H,4-7,9H2,1H3,(H2,15,19)(H,16,18)/t10-/m0/s1. The number of piperidine rings is 1. The molecule has 0 radical (unpaired) electrons. The van der Waals surface area contributed by atoms with Crippen molar-refractivity contribution in [2.45, 2.75) is 32.2 Å². The fourth-order valence-corrected chi connectivity index (χ4v) is 2.50. The van der Waals surface area contributed by atoms with Gasteiger partial charge in [-0.3, -0.25) is 4.79 Å². The maximum absolute atomic E-state index is 12.1. The molecular formula is C14H21N3O3. The average Bonchev–Trinajstić information content (AvgIpc) is 2.91. The zero-order valence-corrected chi connectivity index (χ0v) is 11.7. The Balaban J connectivity index is 1.76. The number of likely N-dealkylation sites (tertiary alicyclic amines) is 1. The van der Waals surface area contributed by atoms with Gasteiger partial charge in [-0.2, -0.15) is 0 Å². The number of carbonyl (C=O) groups excluding carboxylic acids is 2. The molecule has 1 aliphatic rings. The molecule has 1 aromatic heterocycles. The minimum absolute atomic E-state index is 0.0304. The Labute approximate surface area is 118 Å². The van der Waals surface area contributed by atoms with Crippen LogP contribution in [0.15, 0.2) is 22.8 Å². The molecule has 0 aromatic carbocycles. The lowest BCUT2D eigenvalue weighted by Gasteiger charge is -2.30. The minimum atomic E-state index is -0.407. The topological polar surface area (TPSA) is 88.6 Å². The van der Waals surface area contributed by atoms with E-state index in [2.05, 4.69) is 5.32 Å². The maximum Gasteiger partial charge on any atom is 0.314 e. The van der Waals surface area contributed by atoms with Crippen molar-refractivity contribution in [2.75, 3.05) is 13.1 Å². The van der Waals surface area contributed by atoms with Crippen LogP contribution < -0.4 is 11.1 Å². The second-order valence-electron chi connectivity index (χ2n) is 5.29. The van der Waals surface area contributed by atoms with E-state index in [0.29, 0.717) is 32.4 Å². The Hall–Kier alpha value is -1.98. The van der Waals surface area contributed by atoms with Crippen LogP contribution >= 0.6 is 0 Å². The molecule has 0 spiro atoms. The van der Waals surface area contributed by atoms with Crippen molar-refractivity contribution in [3.05, 3.63) is 24.2 Å². The molecule has 6 heteroatoms. The van der Waals surface area contributed by atoms with Crippen LogP contribution in [0.2, 0.25) is 0 Å². The number of nitrogens with zero attached hydrogens (tertiary/aromatic N) is 1. The fraction of sp³-hybridized carbons (Fsp3) is 0.571. The van der Waals surface area contributed by atoms with E-state index < -0.39 is 6.03 Å². The van der Waals surface area contributed by atoms with Crippen molar-refractivity contribution in [3.63, 3.8) is 0 Å². The third-order valence-electron chi connectivity index (χ3n) is 3.65. The Bertz CT molecular complexity index is 450. The van der Waals surface area contributed by atoms with Crippen molar-refractivity contribution in [3.8, 4) is 0 Å². The molecule has 1 atom stereocenters. The summed E-state index contributed by atoms with van der Waals surface area (Å²) in [6.07, 6.45) is 3.65. The van der Waals surface area contributed by atoms with Crippen LogP contribution in [0.4, 0.5) is 4.79 Å². The summed E-state index contributed by atoms with van der Waals surface area (Å²) >= 11 is 0. The van der Waals surface area contributed by atoms with Gasteiger partial charge in [0.05, 0.1) is 6.26 Å². The average molecular weight is 279 g/mol. The molecule has 3 amide bonds. The van der Waals surface area contributed by atoms with Crippen molar-refractivity contribution >= 4 is 11.9 Å². The van der Waals surface area contributed by atoms with E-state index in [9.17, 15) is 9.59 Å². The molecule has 3 N–H and O–H groups in total. The van der Waals surface area contributed by atoms with Crippen LogP contribution in [0, 0.1) is 5.92 Å². The zero-order valence-electron chi connectivity index (χ0n) is 11.7. The highest BCUT2D eigenvalue weighted by atomic mass is 16.3. The van der Waals surface area contributed by atoms with Crippen molar-refractivity contribution in [2.24, 2.45) is 11.7 Å². The minimum Gasteiger partial charge on any atom is -0.469 e. The summed E-state index contributed by atoms with van der Waals surface area (Å²) in [5.41, 5.74) is 5.22. The summed E-state index contributed by atoms with van der Waals surface area (Å²) in [6.45, 7) is 3.07. The molecule has 2 rings (SSSR count). The molecule has 1 saturated heterocycles. The third kappa shape index (κ3) is 3.76. The van der Waals surface area contributed by atoms with E-state index in [1.165, 1.54) is 0 Å². The molecule has 0 bridgehead atoms. The number of urea groups is 1. The van der Waals surface area contributed by atoms with E-state index in [0.717, 1.165) is 5.76 Å². The van der Waals surface area contributed by atoms with Gasteiger partial charge in [-0.1, -0.05) is 0 Å². The van der Waals surface area contributed by atoms with Crippen molar-refractivity contribution < 1.29 is 14.0 Å². The first-order valence-corrected chi connectivity index (χ1v) is 6.93. The summed E-state index contributed by atoms with van der Waals surface area (Å²) in [4.78, 5) is 24.7. The normalized spacial score (nSPS) is 17.8. The second-order valence-corrected chi connectivity index (χ2v) is 5.29. The fourth-order valence-electron chi connectivity index (χ4n) is 2.50. The molecule has 1 aromatic rings. The molecular weight excluding hydrogens is 258 g/mol. The highest BCUT2D eigenvalue weighted by Gasteiger charge is 2.27.